The Kier molecular flexibility index (Phi) is 9.27. The number of unbranched alkanes of at least 4 members (excludes halogenated alkanes) is 3. The molecule has 0 fully saturated rings. The first-order valence-corrected chi connectivity index (χ1v) is 10.4. The van der Waals surface area contributed by atoms with Crippen LogP contribution in [0.2, 0.25) is 0 Å². The number of nitrogens with two attached hydrogens (primary N) is 1. The van der Waals surface area contributed by atoms with Gasteiger partial charge in [0, 0.05) is 0 Å². The summed E-state index contributed by atoms with van der Waals surface area (Å²) in [5, 5.41) is 10.6. The highest BCUT2D eigenvalue weighted by molar-refractivity contribution is 5.73. The molecule has 2 aromatic carbocycles. The molecule has 0 amide bonds. The minimum atomic E-state index is -0.702. The molecule has 1 aromatic heterocycles. The number of hydrogen-bond donors (Lipinski definition) is 2. The lowest BCUT2D eigenvalue weighted by molar-refractivity contribution is -0.665. The molecule has 30 heavy (non-hydrogen) atoms. The number of methoxy groups -OCH3 is 1. The Morgan fingerprint density at radius 3 is 2.47 bits per heavy atom. The van der Waals surface area contributed by atoms with Crippen molar-refractivity contribution in [3.63, 3.8) is 0 Å². The van der Waals surface area contributed by atoms with Gasteiger partial charge in [-0.05, 0) is 30.7 Å². The molecule has 0 radical (unpaired) electrons. The Morgan fingerprint density at radius 1 is 1.03 bits per heavy atom. The summed E-state index contributed by atoms with van der Waals surface area (Å²) < 4.78 is 15.2. The zero-order valence-electron chi connectivity index (χ0n) is 17.8. The fourth-order valence-corrected chi connectivity index (χ4v) is 3.62. The summed E-state index contributed by atoms with van der Waals surface area (Å²) in [5.41, 5.74) is 8.61. The number of aromatic nitrogens is 2. The largest absolute Gasteiger partial charge is 1.00 e. The van der Waals surface area contributed by atoms with Crippen molar-refractivity contribution >= 4 is 17.0 Å². The Hall–Kier alpha value is -2.44. The molecular formula is C23H32ClN3O3. The van der Waals surface area contributed by atoms with Crippen molar-refractivity contribution in [2.45, 2.75) is 51.8 Å². The van der Waals surface area contributed by atoms with Crippen LogP contribution >= 0.6 is 0 Å². The number of anilines is 1. The molecule has 0 aliphatic rings. The van der Waals surface area contributed by atoms with Crippen LogP contribution < -0.4 is 32.2 Å². The number of aliphatic hydroxyl groups is 1. The minimum Gasteiger partial charge on any atom is -1.00 e. The Balaban J connectivity index is 0.00000320. The molecule has 1 heterocycles. The van der Waals surface area contributed by atoms with E-state index in [1.165, 1.54) is 19.3 Å². The van der Waals surface area contributed by atoms with E-state index in [2.05, 4.69) is 17.6 Å². The van der Waals surface area contributed by atoms with Crippen molar-refractivity contribution in [3.05, 3.63) is 48.5 Å². The van der Waals surface area contributed by atoms with E-state index in [1.807, 2.05) is 47.0 Å². The first kappa shape index (κ1) is 23.8. The summed E-state index contributed by atoms with van der Waals surface area (Å²) in [6.07, 6.45) is 4.03. The maximum atomic E-state index is 10.6. The average molecular weight is 434 g/mol. The SMILES string of the molecule is CCCCCCn1c(N)[n+](CC(O)COc2ccccc2OC)c2ccccc21.[Cl-]. The van der Waals surface area contributed by atoms with Gasteiger partial charge in [0.05, 0.1) is 13.7 Å². The lowest BCUT2D eigenvalue weighted by atomic mass is 10.2. The number of rotatable bonds is 11. The van der Waals surface area contributed by atoms with E-state index in [-0.39, 0.29) is 19.0 Å². The third-order valence-electron chi connectivity index (χ3n) is 5.15. The number of ether oxygens (including phenoxy) is 2. The van der Waals surface area contributed by atoms with Crippen LogP contribution in [0.25, 0.3) is 11.0 Å². The molecule has 0 saturated heterocycles. The minimum absolute atomic E-state index is 0. The van der Waals surface area contributed by atoms with Gasteiger partial charge in [-0.1, -0.05) is 50.5 Å². The quantitative estimate of drug-likeness (QED) is 0.342. The van der Waals surface area contributed by atoms with E-state index in [0.29, 0.717) is 24.0 Å². The molecular weight excluding hydrogens is 402 g/mol. The van der Waals surface area contributed by atoms with E-state index >= 15 is 0 Å². The third kappa shape index (κ3) is 5.58. The van der Waals surface area contributed by atoms with Gasteiger partial charge in [0.2, 0.25) is 0 Å². The van der Waals surface area contributed by atoms with Crippen molar-refractivity contribution < 1.29 is 31.6 Å². The van der Waals surface area contributed by atoms with Crippen molar-refractivity contribution in [2.24, 2.45) is 0 Å². The molecule has 0 bridgehead atoms. The van der Waals surface area contributed by atoms with Gasteiger partial charge in [-0.3, -0.25) is 5.73 Å². The Labute approximate surface area is 184 Å². The van der Waals surface area contributed by atoms with E-state index < -0.39 is 6.10 Å². The van der Waals surface area contributed by atoms with Crippen LogP contribution in [-0.4, -0.2) is 29.5 Å². The fraction of sp³-hybridized carbons (Fsp3) is 0.435. The number of halogens is 1. The first-order valence-electron chi connectivity index (χ1n) is 10.4. The van der Waals surface area contributed by atoms with Gasteiger partial charge in [0.15, 0.2) is 11.5 Å². The highest BCUT2D eigenvalue weighted by atomic mass is 35.5. The number of fused-ring (bicyclic) bond motifs is 1. The van der Waals surface area contributed by atoms with E-state index in [0.717, 1.165) is 24.0 Å². The van der Waals surface area contributed by atoms with Gasteiger partial charge in [0.1, 0.15) is 30.3 Å². The van der Waals surface area contributed by atoms with Crippen molar-refractivity contribution in [2.75, 3.05) is 19.5 Å². The topological polar surface area (TPSA) is 73.5 Å². The van der Waals surface area contributed by atoms with Gasteiger partial charge < -0.3 is 27.0 Å². The monoisotopic (exact) mass is 433 g/mol. The molecule has 7 heteroatoms. The summed E-state index contributed by atoms with van der Waals surface area (Å²) in [6.45, 7) is 3.61. The van der Waals surface area contributed by atoms with Crippen LogP contribution in [0.15, 0.2) is 48.5 Å². The van der Waals surface area contributed by atoms with Crippen LogP contribution in [0.4, 0.5) is 5.95 Å². The summed E-state index contributed by atoms with van der Waals surface area (Å²) in [4.78, 5) is 0. The molecule has 0 aliphatic heterocycles. The number of aryl methyl sites for hydroxylation is 1. The van der Waals surface area contributed by atoms with Crippen LogP contribution in [0.5, 0.6) is 11.5 Å². The Morgan fingerprint density at radius 2 is 1.73 bits per heavy atom. The highest BCUT2D eigenvalue weighted by Crippen LogP contribution is 2.26. The number of nitrogen functional groups attached to an aromatic ring is 1. The third-order valence-corrected chi connectivity index (χ3v) is 5.15. The molecule has 0 spiro atoms. The number of hydrogen-bond acceptors (Lipinski definition) is 4. The van der Waals surface area contributed by atoms with Gasteiger partial charge in [0.25, 0.3) is 0 Å². The first-order chi connectivity index (χ1) is 14.2. The van der Waals surface area contributed by atoms with E-state index in [4.69, 9.17) is 15.2 Å². The summed E-state index contributed by atoms with van der Waals surface area (Å²) in [5.74, 6) is 1.93. The maximum absolute atomic E-state index is 10.6. The second-order valence-corrected chi connectivity index (χ2v) is 7.29. The number of imidazole rings is 1. The summed E-state index contributed by atoms with van der Waals surface area (Å²) >= 11 is 0. The van der Waals surface area contributed by atoms with Crippen molar-refractivity contribution in [3.8, 4) is 11.5 Å². The number of para-hydroxylation sites is 4. The molecule has 3 aromatic rings. The van der Waals surface area contributed by atoms with Gasteiger partial charge in [-0.2, -0.15) is 0 Å². The molecule has 1 atom stereocenters. The van der Waals surface area contributed by atoms with E-state index in [1.54, 1.807) is 7.11 Å². The van der Waals surface area contributed by atoms with Crippen LogP contribution in [0.3, 0.4) is 0 Å². The zero-order chi connectivity index (χ0) is 20.6. The van der Waals surface area contributed by atoms with E-state index in [9.17, 15) is 5.11 Å². The molecule has 0 saturated carbocycles. The average Bonchev–Trinajstić information content (AvgIpc) is 3.01. The van der Waals surface area contributed by atoms with Crippen LogP contribution in [0.1, 0.15) is 32.6 Å². The van der Waals surface area contributed by atoms with Gasteiger partial charge >= 0.3 is 5.95 Å². The van der Waals surface area contributed by atoms with Gasteiger partial charge in [-0.25, -0.2) is 9.13 Å². The second-order valence-electron chi connectivity index (χ2n) is 7.29. The molecule has 6 nitrogen and oxygen atoms in total. The molecule has 3 N–H and O–H groups in total. The van der Waals surface area contributed by atoms with Crippen LogP contribution in [0, 0.1) is 0 Å². The number of nitrogens with zero attached hydrogens (tertiary/aromatic N) is 2. The lowest BCUT2D eigenvalue weighted by Gasteiger charge is -2.14. The van der Waals surface area contributed by atoms with Crippen molar-refractivity contribution in [1.29, 1.82) is 0 Å². The smallest absolute Gasteiger partial charge is 0.356 e. The summed E-state index contributed by atoms with van der Waals surface area (Å²) in [6, 6.07) is 15.6. The lowest BCUT2D eigenvalue weighted by Crippen LogP contribution is -3.00. The Bertz CT molecular complexity index is 929. The van der Waals surface area contributed by atoms with Crippen molar-refractivity contribution in [1.82, 2.24) is 4.57 Å². The number of benzene rings is 2. The van der Waals surface area contributed by atoms with Gasteiger partial charge in [-0.15, -0.1) is 0 Å². The fourth-order valence-electron chi connectivity index (χ4n) is 3.62. The van der Waals surface area contributed by atoms with Crippen LogP contribution in [-0.2, 0) is 13.1 Å². The zero-order valence-corrected chi connectivity index (χ0v) is 18.5. The molecule has 3 rings (SSSR count). The second kappa shape index (κ2) is 11.7. The highest BCUT2D eigenvalue weighted by Gasteiger charge is 2.23. The predicted molar refractivity (Wildman–Crippen MR) is 115 cm³/mol. The molecule has 164 valence electrons. The predicted octanol–water partition coefficient (Wildman–Crippen LogP) is 0.544. The number of aliphatic hydroxyl groups excluding tert-OH is 1. The molecule has 1 unspecified atom stereocenters. The summed E-state index contributed by atoms with van der Waals surface area (Å²) in [7, 11) is 1.60. The normalized spacial score (nSPS) is 11.8. The maximum Gasteiger partial charge on any atom is 0.356 e. The molecule has 0 aliphatic carbocycles. The standard InChI is InChI=1S/C23H31N3O3.ClH/c1-3-4-5-10-15-25-19-11-6-7-12-20(19)26(23(25)24)16-18(27)17-29-22-14-9-8-13-21(22)28-2;/h6-9,11-14,18,24,27H,3-5,10,15-17H2,1-2H3;1H.